The third-order valence-electron chi connectivity index (χ3n) is 3.17. The van der Waals surface area contributed by atoms with Crippen LogP contribution in [0.5, 0.6) is 0 Å². The van der Waals surface area contributed by atoms with Gasteiger partial charge >= 0.3 is 0 Å². The molecule has 0 saturated carbocycles. The highest BCUT2D eigenvalue weighted by molar-refractivity contribution is 6.01. The number of rotatable bonds is 4. The van der Waals surface area contributed by atoms with E-state index in [9.17, 15) is 10.1 Å². The Morgan fingerprint density at radius 1 is 0.909 bits per heavy atom. The Morgan fingerprint density at radius 2 is 1.32 bits per heavy atom. The summed E-state index contributed by atoms with van der Waals surface area (Å²) in [4.78, 5) is 10.2. The van der Waals surface area contributed by atoms with Gasteiger partial charge in [-0.1, -0.05) is 12.1 Å². The zero-order valence-electron chi connectivity index (χ0n) is 12.4. The van der Waals surface area contributed by atoms with Crippen LogP contribution in [-0.4, -0.2) is 16.3 Å². The minimum Gasteiger partial charge on any atom is -0.399 e. The zero-order chi connectivity index (χ0) is 16.1. The van der Waals surface area contributed by atoms with E-state index in [0.29, 0.717) is 11.4 Å². The van der Waals surface area contributed by atoms with Crippen LogP contribution in [0.1, 0.15) is 25.0 Å². The maximum absolute atomic E-state index is 10.6. The molecular formula is C16H16N4O2. The molecule has 0 spiro atoms. The third-order valence-corrected chi connectivity index (χ3v) is 3.17. The summed E-state index contributed by atoms with van der Waals surface area (Å²) in [6.07, 6.45) is 0. The smallest absolute Gasteiger partial charge is 0.269 e. The number of nitrogen functional groups attached to an aromatic ring is 1. The van der Waals surface area contributed by atoms with Crippen LogP contribution >= 0.6 is 0 Å². The Labute approximate surface area is 128 Å². The summed E-state index contributed by atoms with van der Waals surface area (Å²) >= 11 is 0. The lowest BCUT2D eigenvalue weighted by atomic mass is 10.1. The molecule has 0 fully saturated rings. The van der Waals surface area contributed by atoms with E-state index in [1.807, 2.05) is 19.1 Å². The SMILES string of the molecule is CC(=NN=C(C)c1ccc([N+](=O)[O-])cc1)c1ccc(N)cc1. The third kappa shape index (κ3) is 3.76. The molecule has 112 valence electrons. The second-order valence-corrected chi connectivity index (χ2v) is 4.80. The number of anilines is 1. The van der Waals surface area contributed by atoms with Crippen molar-refractivity contribution >= 4 is 22.8 Å². The minimum absolute atomic E-state index is 0.0538. The first-order valence-electron chi connectivity index (χ1n) is 6.67. The van der Waals surface area contributed by atoms with Gasteiger partial charge in [-0.2, -0.15) is 10.2 Å². The van der Waals surface area contributed by atoms with Gasteiger partial charge in [-0.3, -0.25) is 10.1 Å². The molecule has 0 aliphatic heterocycles. The van der Waals surface area contributed by atoms with Crippen molar-refractivity contribution < 1.29 is 4.92 Å². The number of nitrogens with two attached hydrogens (primary N) is 1. The Morgan fingerprint density at radius 3 is 1.73 bits per heavy atom. The number of non-ortho nitro benzene ring substituents is 1. The fraction of sp³-hybridized carbons (Fsp3) is 0.125. The van der Waals surface area contributed by atoms with E-state index in [0.717, 1.165) is 16.8 Å². The Kier molecular flexibility index (Phi) is 4.63. The van der Waals surface area contributed by atoms with E-state index >= 15 is 0 Å². The molecule has 6 nitrogen and oxygen atoms in total. The van der Waals surface area contributed by atoms with Crippen LogP contribution in [-0.2, 0) is 0 Å². The molecule has 0 radical (unpaired) electrons. The van der Waals surface area contributed by atoms with Gasteiger partial charge < -0.3 is 5.73 Å². The van der Waals surface area contributed by atoms with Gasteiger partial charge in [0.1, 0.15) is 0 Å². The van der Waals surface area contributed by atoms with E-state index in [2.05, 4.69) is 10.2 Å². The van der Waals surface area contributed by atoms with Crippen LogP contribution < -0.4 is 5.73 Å². The van der Waals surface area contributed by atoms with Crippen molar-refractivity contribution in [3.05, 3.63) is 69.8 Å². The van der Waals surface area contributed by atoms with Crippen molar-refractivity contribution in [2.45, 2.75) is 13.8 Å². The predicted molar refractivity (Wildman–Crippen MR) is 88.4 cm³/mol. The van der Waals surface area contributed by atoms with Crippen molar-refractivity contribution in [3.8, 4) is 0 Å². The fourth-order valence-electron chi connectivity index (χ4n) is 1.81. The summed E-state index contributed by atoms with van der Waals surface area (Å²) in [7, 11) is 0. The molecule has 22 heavy (non-hydrogen) atoms. The Hall–Kier alpha value is -3.02. The summed E-state index contributed by atoms with van der Waals surface area (Å²) < 4.78 is 0. The second kappa shape index (κ2) is 6.62. The summed E-state index contributed by atoms with van der Waals surface area (Å²) in [5, 5.41) is 19.0. The van der Waals surface area contributed by atoms with Gasteiger partial charge in [-0.15, -0.1) is 0 Å². The zero-order valence-corrected chi connectivity index (χ0v) is 12.4. The van der Waals surface area contributed by atoms with E-state index in [4.69, 9.17) is 5.73 Å². The molecule has 0 heterocycles. The summed E-state index contributed by atoms with van der Waals surface area (Å²) in [6, 6.07) is 13.6. The van der Waals surface area contributed by atoms with Gasteiger partial charge in [-0.05, 0) is 49.2 Å². The molecule has 0 saturated heterocycles. The second-order valence-electron chi connectivity index (χ2n) is 4.80. The van der Waals surface area contributed by atoms with Crippen LogP contribution in [0, 0.1) is 10.1 Å². The molecular weight excluding hydrogens is 280 g/mol. The van der Waals surface area contributed by atoms with Crippen molar-refractivity contribution in [2.24, 2.45) is 10.2 Å². The number of benzene rings is 2. The monoisotopic (exact) mass is 296 g/mol. The van der Waals surface area contributed by atoms with Crippen LogP contribution in [0.2, 0.25) is 0 Å². The van der Waals surface area contributed by atoms with Crippen molar-refractivity contribution in [1.82, 2.24) is 0 Å². The molecule has 2 rings (SSSR count). The van der Waals surface area contributed by atoms with Gasteiger partial charge in [-0.25, -0.2) is 0 Å². The average Bonchev–Trinajstić information content (AvgIpc) is 2.53. The molecule has 2 N–H and O–H groups in total. The molecule has 0 aromatic heterocycles. The average molecular weight is 296 g/mol. The summed E-state index contributed by atoms with van der Waals surface area (Å²) in [5.41, 5.74) is 9.57. The number of hydrogen-bond donors (Lipinski definition) is 1. The van der Waals surface area contributed by atoms with Crippen molar-refractivity contribution in [3.63, 3.8) is 0 Å². The molecule has 0 bridgehead atoms. The molecule has 0 aliphatic carbocycles. The van der Waals surface area contributed by atoms with E-state index in [1.54, 1.807) is 31.2 Å². The number of nitro groups is 1. The first-order chi connectivity index (χ1) is 10.5. The highest BCUT2D eigenvalue weighted by atomic mass is 16.6. The Balaban J connectivity index is 2.19. The first-order valence-corrected chi connectivity index (χ1v) is 6.67. The van der Waals surface area contributed by atoms with Crippen LogP contribution in [0.15, 0.2) is 58.7 Å². The lowest BCUT2D eigenvalue weighted by molar-refractivity contribution is -0.384. The summed E-state index contributed by atoms with van der Waals surface area (Å²) in [6.45, 7) is 3.67. The van der Waals surface area contributed by atoms with Crippen LogP contribution in [0.4, 0.5) is 11.4 Å². The van der Waals surface area contributed by atoms with Gasteiger partial charge in [0.15, 0.2) is 0 Å². The highest BCUT2D eigenvalue weighted by Crippen LogP contribution is 2.13. The highest BCUT2D eigenvalue weighted by Gasteiger charge is 2.05. The normalized spacial score (nSPS) is 12.3. The molecule has 0 aliphatic rings. The van der Waals surface area contributed by atoms with Crippen LogP contribution in [0.3, 0.4) is 0 Å². The topological polar surface area (TPSA) is 93.9 Å². The van der Waals surface area contributed by atoms with Gasteiger partial charge in [0.25, 0.3) is 5.69 Å². The summed E-state index contributed by atoms with van der Waals surface area (Å²) in [5.74, 6) is 0. The fourth-order valence-corrected chi connectivity index (χ4v) is 1.81. The number of nitrogens with zero attached hydrogens (tertiary/aromatic N) is 3. The minimum atomic E-state index is -0.431. The van der Waals surface area contributed by atoms with E-state index in [1.165, 1.54) is 12.1 Å². The maximum Gasteiger partial charge on any atom is 0.269 e. The van der Waals surface area contributed by atoms with Gasteiger partial charge in [0.2, 0.25) is 0 Å². The van der Waals surface area contributed by atoms with Gasteiger partial charge in [0.05, 0.1) is 16.3 Å². The quantitative estimate of drug-likeness (QED) is 0.405. The number of nitro benzene ring substituents is 1. The van der Waals surface area contributed by atoms with E-state index in [-0.39, 0.29) is 5.69 Å². The maximum atomic E-state index is 10.6. The predicted octanol–water partition coefficient (Wildman–Crippen LogP) is 3.41. The van der Waals surface area contributed by atoms with Crippen LogP contribution in [0.25, 0.3) is 0 Å². The van der Waals surface area contributed by atoms with Crippen molar-refractivity contribution in [2.75, 3.05) is 5.73 Å². The molecule has 2 aromatic carbocycles. The molecule has 2 aromatic rings. The lowest BCUT2D eigenvalue weighted by Crippen LogP contribution is -1.98. The molecule has 0 amide bonds. The standard InChI is InChI=1S/C16H16N4O2/c1-11(13-3-7-15(17)8-4-13)18-19-12(2)14-5-9-16(10-6-14)20(21)22/h3-10H,17H2,1-2H3. The molecule has 6 heteroatoms. The first kappa shape index (κ1) is 15.4. The number of hydrogen-bond acceptors (Lipinski definition) is 5. The largest absolute Gasteiger partial charge is 0.399 e. The molecule has 0 atom stereocenters. The Bertz CT molecular complexity index is 732. The van der Waals surface area contributed by atoms with Gasteiger partial charge in [0, 0.05) is 17.8 Å². The molecule has 0 unspecified atom stereocenters. The van der Waals surface area contributed by atoms with E-state index < -0.39 is 4.92 Å². The van der Waals surface area contributed by atoms with Crippen molar-refractivity contribution in [1.29, 1.82) is 0 Å². The lowest BCUT2D eigenvalue weighted by Gasteiger charge is -2.01.